The zero-order valence-corrected chi connectivity index (χ0v) is 10.7. The molecular weight excluding hydrogens is 254 g/mol. The number of hydrogen-bond acceptors (Lipinski definition) is 5. The number of aromatic nitrogens is 2. The third kappa shape index (κ3) is 1.83. The number of rotatable bonds is 2. The summed E-state index contributed by atoms with van der Waals surface area (Å²) in [7, 11) is 0. The Morgan fingerprint density at radius 2 is 2.10 bits per heavy atom. The van der Waals surface area contributed by atoms with E-state index in [2.05, 4.69) is 33.7 Å². The Hall–Kier alpha value is -2.40. The average molecular weight is 267 g/mol. The third-order valence-electron chi connectivity index (χ3n) is 3.54. The number of benzene rings is 1. The first kappa shape index (κ1) is 11.4. The van der Waals surface area contributed by atoms with E-state index in [-0.39, 0.29) is 6.04 Å². The Balaban J connectivity index is 1.72. The SMILES string of the molecule is c1coc(-c2noc(C3NCCc4ccccc43)n2)c1. The zero-order chi connectivity index (χ0) is 13.4. The summed E-state index contributed by atoms with van der Waals surface area (Å²) in [4.78, 5) is 4.44. The van der Waals surface area contributed by atoms with Crippen LogP contribution in [0.5, 0.6) is 0 Å². The molecule has 4 rings (SSSR count). The van der Waals surface area contributed by atoms with Crippen LogP contribution in [-0.2, 0) is 6.42 Å². The van der Waals surface area contributed by atoms with Gasteiger partial charge in [0.15, 0.2) is 5.76 Å². The van der Waals surface area contributed by atoms with Crippen molar-refractivity contribution >= 4 is 0 Å². The third-order valence-corrected chi connectivity index (χ3v) is 3.54. The molecule has 1 aromatic carbocycles. The van der Waals surface area contributed by atoms with Crippen LogP contribution in [0.3, 0.4) is 0 Å². The van der Waals surface area contributed by atoms with Crippen LogP contribution in [0.25, 0.3) is 11.6 Å². The van der Waals surface area contributed by atoms with Gasteiger partial charge >= 0.3 is 0 Å². The molecule has 0 amide bonds. The van der Waals surface area contributed by atoms with Crippen molar-refractivity contribution in [1.29, 1.82) is 0 Å². The van der Waals surface area contributed by atoms with Gasteiger partial charge in [-0.15, -0.1) is 0 Å². The van der Waals surface area contributed by atoms with Crippen molar-refractivity contribution < 1.29 is 8.94 Å². The molecule has 0 radical (unpaired) electrons. The van der Waals surface area contributed by atoms with Crippen molar-refractivity contribution in [2.75, 3.05) is 6.54 Å². The van der Waals surface area contributed by atoms with Crippen LogP contribution in [0.15, 0.2) is 51.6 Å². The van der Waals surface area contributed by atoms with Crippen LogP contribution >= 0.6 is 0 Å². The minimum atomic E-state index is -0.0452. The van der Waals surface area contributed by atoms with Crippen molar-refractivity contribution in [3.05, 3.63) is 59.7 Å². The smallest absolute Gasteiger partial charge is 0.248 e. The van der Waals surface area contributed by atoms with E-state index < -0.39 is 0 Å². The molecule has 1 aliphatic rings. The zero-order valence-electron chi connectivity index (χ0n) is 10.7. The van der Waals surface area contributed by atoms with Gasteiger partial charge in [-0.1, -0.05) is 29.4 Å². The average Bonchev–Trinajstić information content (AvgIpc) is 3.17. The molecule has 1 unspecified atom stereocenters. The molecule has 0 bridgehead atoms. The Kier molecular flexibility index (Phi) is 2.63. The normalized spacial score (nSPS) is 17.9. The number of fused-ring (bicyclic) bond motifs is 1. The second kappa shape index (κ2) is 4.61. The van der Waals surface area contributed by atoms with Gasteiger partial charge in [-0.25, -0.2) is 0 Å². The van der Waals surface area contributed by atoms with Gasteiger partial charge in [-0.3, -0.25) is 0 Å². The fraction of sp³-hybridized carbons (Fsp3) is 0.200. The first-order valence-corrected chi connectivity index (χ1v) is 6.60. The van der Waals surface area contributed by atoms with E-state index >= 15 is 0 Å². The fourth-order valence-electron chi connectivity index (χ4n) is 2.58. The van der Waals surface area contributed by atoms with Gasteiger partial charge in [-0.05, 0) is 29.7 Å². The fourth-order valence-corrected chi connectivity index (χ4v) is 2.58. The van der Waals surface area contributed by atoms with Gasteiger partial charge in [-0.2, -0.15) is 4.98 Å². The lowest BCUT2D eigenvalue weighted by molar-refractivity contribution is 0.343. The number of hydrogen-bond donors (Lipinski definition) is 1. The van der Waals surface area contributed by atoms with Crippen molar-refractivity contribution in [2.24, 2.45) is 0 Å². The number of nitrogens with zero attached hydrogens (tertiary/aromatic N) is 2. The molecule has 0 fully saturated rings. The van der Waals surface area contributed by atoms with E-state index in [0.717, 1.165) is 13.0 Å². The highest BCUT2D eigenvalue weighted by atomic mass is 16.5. The van der Waals surface area contributed by atoms with Crippen molar-refractivity contribution in [2.45, 2.75) is 12.5 Å². The Morgan fingerprint density at radius 3 is 3.00 bits per heavy atom. The Morgan fingerprint density at radius 1 is 1.15 bits per heavy atom. The molecule has 0 aliphatic carbocycles. The molecular formula is C15H13N3O2. The molecule has 1 atom stereocenters. The molecule has 3 aromatic rings. The van der Waals surface area contributed by atoms with E-state index in [0.29, 0.717) is 17.5 Å². The summed E-state index contributed by atoms with van der Waals surface area (Å²) in [6.45, 7) is 0.903. The van der Waals surface area contributed by atoms with Gasteiger partial charge in [0.1, 0.15) is 6.04 Å². The molecule has 3 heterocycles. The van der Waals surface area contributed by atoms with Crippen LogP contribution in [0.4, 0.5) is 0 Å². The molecule has 5 nitrogen and oxygen atoms in total. The predicted molar refractivity (Wildman–Crippen MR) is 72.0 cm³/mol. The first-order valence-electron chi connectivity index (χ1n) is 6.60. The largest absolute Gasteiger partial charge is 0.461 e. The van der Waals surface area contributed by atoms with Crippen LogP contribution in [0.2, 0.25) is 0 Å². The van der Waals surface area contributed by atoms with E-state index in [9.17, 15) is 0 Å². The van der Waals surface area contributed by atoms with Crippen LogP contribution < -0.4 is 5.32 Å². The summed E-state index contributed by atoms with van der Waals surface area (Å²) in [5, 5.41) is 7.41. The maximum absolute atomic E-state index is 5.40. The molecule has 20 heavy (non-hydrogen) atoms. The van der Waals surface area contributed by atoms with Crippen molar-refractivity contribution in [1.82, 2.24) is 15.5 Å². The summed E-state index contributed by atoms with van der Waals surface area (Å²) in [5.41, 5.74) is 2.53. The van der Waals surface area contributed by atoms with Crippen LogP contribution in [0, 0.1) is 0 Å². The van der Waals surface area contributed by atoms with E-state index in [1.54, 1.807) is 12.3 Å². The molecule has 0 saturated heterocycles. The minimum Gasteiger partial charge on any atom is -0.461 e. The maximum Gasteiger partial charge on any atom is 0.248 e. The molecule has 100 valence electrons. The Labute approximate surface area is 115 Å². The lowest BCUT2D eigenvalue weighted by atomic mass is 9.94. The van der Waals surface area contributed by atoms with Gasteiger partial charge in [0.2, 0.25) is 11.7 Å². The van der Waals surface area contributed by atoms with Gasteiger partial charge < -0.3 is 14.3 Å². The monoisotopic (exact) mass is 267 g/mol. The summed E-state index contributed by atoms with van der Waals surface area (Å²) in [6.07, 6.45) is 2.62. The highest BCUT2D eigenvalue weighted by Gasteiger charge is 2.26. The molecule has 5 heteroatoms. The summed E-state index contributed by atoms with van der Waals surface area (Å²) in [6, 6.07) is 11.9. The predicted octanol–water partition coefficient (Wildman–Crippen LogP) is 2.56. The maximum atomic E-state index is 5.40. The van der Waals surface area contributed by atoms with Gasteiger partial charge in [0.25, 0.3) is 0 Å². The number of nitrogens with one attached hydrogen (secondary N) is 1. The molecule has 0 saturated carbocycles. The van der Waals surface area contributed by atoms with Gasteiger partial charge in [0, 0.05) is 6.54 Å². The first-order chi connectivity index (χ1) is 9.92. The van der Waals surface area contributed by atoms with Crippen LogP contribution in [0.1, 0.15) is 23.1 Å². The van der Waals surface area contributed by atoms with Crippen molar-refractivity contribution in [3.8, 4) is 11.6 Å². The topological polar surface area (TPSA) is 64.1 Å². The highest BCUT2D eigenvalue weighted by molar-refractivity contribution is 5.45. The van der Waals surface area contributed by atoms with Crippen molar-refractivity contribution in [3.63, 3.8) is 0 Å². The summed E-state index contributed by atoms with van der Waals surface area (Å²) in [5.74, 6) is 1.67. The second-order valence-corrected chi connectivity index (χ2v) is 4.77. The molecule has 1 aliphatic heterocycles. The van der Waals surface area contributed by atoms with E-state index in [1.807, 2.05) is 12.1 Å². The number of furan rings is 1. The Bertz CT molecular complexity index is 718. The quantitative estimate of drug-likeness (QED) is 0.773. The van der Waals surface area contributed by atoms with Crippen LogP contribution in [-0.4, -0.2) is 16.7 Å². The second-order valence-electron chi connectivity index (χ2n) is 4.77. The molecule has 0 spiro atoms. The van der Waals surface area contributed by atoms with Gasteiger partial charge in [0.05, 0.1) is 6.26 Å². The van der Waals surface area contributed by atoms with E-state index in [1.165, 1.54) is 11.1 Å². The lowest BCUT2D eigenvalue weighted by Gasteiger charge is -2.23. The standard InChI is InChI=1S/C15H13N3O2/c1-2-5-11-10(4-1)7-8-16-13(11)15-17-14(18-20-15)12-6-3-9-19-12/h1-6,9,13,16H,7-8H2. The summed E-state index contributed by atoms with van der Waals surface area (Å²) < 4.78 is 10.7. The lowest BCUT2D eigenvalue weighted by Crippen LogP contribution is -2.30. The summed E-state index contributed by atoms with van der Waals surface area (Å²) >= 11 is 0. The molecule has 1 N–H and O–H groups in total. The minimum absolute atomic E-state index is 0.0452. The molecule has 2 aromatic heterocycles. The van der Waals surface area contributed by atoms with E-state index in [4.69, 9.17) is 8.94 Å². The highest BCUT2D eigenvalue weighted by Crippen LogP contribution is 2.28.